The molecule has 4 rings (SSSR count). The Morgan fingerprint density at radius 2 is 2.20 bits per heavy atom. The van der Waals surface area contributed by atoms with E-state index in [1.54, 1.807) is 12.4 Å². The molecule has 0 saturated carbocycles. The smallest absolute Gasteiger partial charge is 0.194 e. The van der Waals surface area contributed by atoms with Crippen LogP contribution in [0.1, 0.15) is 23.9 Å². The predicted molar refractivity (Wildman–Crippen MR) is 95.3 cm³/mol. The van der Waals surface area contributed by atoms with Crippen LogP contribution in [-0.4, -0.2) is 38.7 Å². The van der Waals surface area contributed by atoms with Crippen LogP contribution in [0.15, 0.2) is 29.7 Å². The van der Waals surface area contributed by atoms with Gasteiger partial charge in [-0.2, -0.15) is 4.91 Å². The first-order valence-corrected chi connectivity index (χ1v) is 8.65. The lowest BCUT2D eigenvalue weighted by Crippen LogP contribution is -2.29. The average molecular weight is 353 g/mol. The van der Waals surface area contributed by atoms with Crippen LogP contribution in [0, 0.1) is 11.8 Å². The van der Waals surface area contributed by atoms with E-state index in [4.69, 9.17) is 0 Å². The molecule has 1 atom stereocenters. The number of pyridine rings is 1. The van der Waals surface area contributed by atoms with Crippen LogP contribution in [0.4, 0.5) is 5.82 Å². The number of hydrogen-bond acceptors (Lipinski definition) is 9. The third kappa shape index (κ3) is 2.76. The molecule has 126 valence electrons. The van der Waals surface area contributed by atoms with Gasteiger partial charge in [-0.05, 0) is 25.5 Å². The fourth-order valence-electron chi connectivity index (χ4n) is 2.80. The zero-order chi connectivity index (χ0) is 17.4. The predicted octanol–water partition coefficient (Wildman–Crippen LogP) is 3.01. The van der Waals surface area contributed by atoms with Gasteiger partial charge >= 0.3 is 0 Å². The van der Waals surface area contributed by atoms with Crippen molar-refractivity contribution in [2.24, 2.45) is 5.18 Å². The van der Waals surface area contributed by atoms with Crippen molar-refractivity contribution >= 4 is 17.2 Å². The van der Waals surface area contributed by atoms with Crippen molar-refractivity contribution in [2.75, 3.05) is 18.5 Å². The summed E-state index contributed by atoms with van der Waals surface area (Å²) in [6.07, 6.45) is 4.13. The average Bonchev–Trinajstić information content (AvgIpc) is 3.04. The molecule has 0 bridgehead atoms. The summed E-state index contributed by atoms with van der Waals surface area (Å²) >= 11 is 1.49. The third-order valence-electron chi connectivity index (χ3n) is 4.15. The second-order valence-corrected chi connectivity index (χ2v) is 6.85. The molecule has 0 amide bonds. The van der Waals surface area contributed by atoms with E-state index in [9.17, 15) is 4.91 Å². The highest BCUT2D eigenvalue weighted by atomic mass is 32.1. The number of nitrogens with zero attached hydrogens (tertiary/aromatic N) is 7. The van der Waals surface area contributed by atoms with Crippen LogP contribution in [0.3, 0.4) is 0 Å². The minimum atomic E-state index is -0.480. The van der Waals surface area contributed by atoms with Gasteiger partial charge in [-0.1, -0.05) is 5.18 Å². The molecule has 0 fully saturated rings. The zero-order valence-corrected chi connectivity index (χ0v) is 14.6. The van der Waals surface area contributed by atoms with Gasteiger partial charge in [0, 0.05) is 31.5 Å². The van der Waals surface area contributed by atoms with E-state index >= 15 is 0 Å². The SMILES string of the molecule is Cc1nc(-c2cccnc2)sc1-c1nnc2c(n1)C(N=O)CCN2C. The molecule has 1 aliphatic heterocycles. The van der Waals surface area contributed by atoms with Gasteiger partial charge < -0.3 is 4.90 Å². The number of aryl methyl sites for hydroxylation is 1. The molecule has 1 aliphatic rings. The molecule has 0 spiro atoms. The Morgan fingerprint density at radius 1 is 1.32 bits per heavy atom. The third-order valence-corrected chi connectivity index (χ3v) is 5.35. The number of aromatic nitrogens is 5. The van der Waals surface area contributed by atoms with Gasteiger partial charge in [-0.15, -0.1) is 21.5 Å². The summed E-state index contributed by atoms with van der Waals surface area (Å²) in [4.78, 5) is 27.3. The minimum Gasteiger partial charge on any atom is -0.357 e. The number of nitroso groups, excluding NO2 is 1. The maximum absolute atomic E-state index is 11.2. The summed E-state index contributed by atoms with van der Waals surface area (Å²) in [6, 6.07) is 3.35. The quantitative estimate of drug-likeness (QED) is 0.668. The minimum absolute atomic E-state index is 0.479. The molecule has 3 aromatic rings. The normalized spacial score (nSPS) is 16.6. The lowest BCUT2D eigenvalue weighted by atomic mass is 10.1. The Morgan fingerprint density at radius 3 is 2.96 bits per heavy atom. The lowest BCUT2D eigenvalue weighted by Gasteiger charge is -2.27. The zero-order valence-electron chi connectivity index (χ0n) is 13.7. The first-order chi connectivity index (χ1) is 12.2. The Balaban J connectivity index is 1.78. The first kappa shape index (κ1) is 15.7. The molecule has 25 heavy (non-hydrogen) atoms. The summed E-state index contributed by atoms with van der Waals surface area (Å²) in [6.45, 7) is 2.62. The fraction of sp³-hybridized carbons (Fsp3) is 0.312. The second-order valence-electron chi connectivity index (χ2n) is 5.85. The summed E-state index contributed by atoms with van der Waals surface area (Å²) in [5.41, 5.74) is 2.36. The van der Waals surface area contributed by atoms with Gasteiger partial charge in [-0.25, -0.2) is 9.97 Å². The van der Waals surface area contributed by atoms with E-state index < -0.39 is 6.04 Å². The van der Waals surface area contributed by atoms with Crippen LogP contribution < -0.4 is 4.90 Å². The van der Waals surface area contributed by atoms with Gasteiger partial charge in [0.1, 0.15) is 16.7 Å². The van der Waals surface area contributed by atoms with Crippen molar-refractivity contribution < 1.29 is 0 Å². The van der Waals surface area contributed by atoms with E-state index in [0.717, 1.165) is 21.1 Å². The number of anilines is 1. The van der Waals surface area contributed by atoms with Crippen LogP contribution in [-0.2, 0) is 0 Å². The van der Waals surface area contributed by atoms with Crippen molar-refractivity contribution in [3.8, 4) is 21.3 Å². The maximum Gasteiger partial charge on any atom is 0.194 e. The van der Waals surface area contributed by atoms with E-state index in [0.29, 0.717) is 30.3 Å². The monoisotopic (exact) mass is 353 g/mol. The largest absolute Gasteiger partial charge is 0.357 e. The first-order valence-electron chi connectivity index (χ1n) is 7.84. The van der Waals surface area contributed by atoms with Gasteiger partial charge in [0.05, 0.1) is 10.6 Å². The Labute approximate surface area is 148 Å². The Bertz CT molecular complexity index is 927. The van der Waals surface area contributed by atoms with E-state index in [-0.39, 0.29) is 0 Å². The molecular weight excluding hydrogens is 338 g/mol. The molecule has 0 saturated heterocycles. The molecule has 0 aromatic carbocycles. The molecule has 8 nitrogen and oxygen atoms in total. The Hall–Kier alpha value is -2.81. The highest BCUT2D eigenvalue weighted by Gasteiger charge is 2.29. The van der Waals surface area contributed by atoms with Crippen molar-refractivity contribution in [3.63, 3.8) is 0 Å². The van der Waals surface area contributed by atoms with Crippen molar-refractivity contribution in [2.45, 2.75) is 19.4 Å². The van der Waals surface area contributed by atoms with Crippen molar-refractivity contribution in [1.29, 1.82) is 0 Å². The molecule has 0 aliphatic carbocycles. The number of thiazole rings is 1. The van der Waals surface area contributed by atoms with Crippen LogP contribution in [0.5, 0.6) is 0 Å². The van der Waals surface area contributed by atoms with E-state index in [1.807, 2.05) is 31.0 Å². The van der Waals surface area contributed by atoms with Gasteiger partial charge in [0.15, 0.2) is 11.6 Å². The topological polar surface area (TPSA) is 97.1 Å². The standard InChI is InChI=1S/C16H15N7OS/c1-9-13(25-16(18-9)10-4-3-6-17-8-10)14-19-12-11(22-24)5-7-23(2)15(12)21-20-14/h3-4,6,8,11H,5,7H2,1-2H3. The summed E-state index contributed by atoms with van der Waals surface area (Å²) in [7, 11) is 1.91. The molecular formula is C16H15N7OS. The molecule has 0 N–H and O–H groups in total. The summed E-state index contributed by atoms with van der Waals surface area (Å²) in [5, 5.41) is 12.6. The molecule has 1 unspecified atom stereocenters. The van der Waals surface area contributed by atoms with E-state index in [1.165, 1.54) is 11.3 Å². The van der Waals surface area contributed by atoms with Crippen LogP contribution >= 0.6 is 11.3 Å². The molecule has 0 radical (unpaired) electrons. The van der Waals surface area contributed by atoms with E-state index in [2.05, 4.69) is 30.3 Å². The van der Waals surface area contributed by atoms with Crippen LogP contribution in [0.25, 0.3) is 21.3 Å². The fourth-order valence-corrected chi connectivity index (χ4v) is 3.79. The van der Waals surface area contributed by atoms with Gasteiger partial charge in [0.2, 0.25) is 0 Å². The highest BCUT2D eigenvalue weighted by molar-refractivity contribution is 7.18. The molecule has 9 heteroatoms. The number of fused-ring (bicyclic) bond motifs is 1. The van der Waals surface area contributed by atoms with Crippen LogP contribution in [0.2, 0.25) is 0 Å². The van der Waals surface area contributed by atoms with Crippen molar-refractivity contribution in [1.82, 2.24) is 25.1 Å². The highest BCUT2D eigenvalue weighted by Crippen LogP contribution is 2.36. The molecule has 3 aromatic heterocycles. The Kier molecular flexibility index (Phi) is 3.92. The lowest BCUT2D eigenvalue weighted by molar-refractivity contribution is 0.580. The molecule has 4 heterocycles. The number of rotatable bonds is 3. The van der Waals surface area contributed by atoms with Gasteiger partial charge in [0.25, 0.3) is 0 Å². The van der Waals surface area contributed by atoms with Crippen molar-refractivity contribution in [3.05, 3.63) is 40.8 Å². The maximum atomic E-state index is 11.2. The second kappa shape index (κ2) is 6.25. The number of hydrogen-bond donors (Lipinski definition) is 0. The summed E-state index contributed by atoms with van der Waals surface area (Å²) in [5.74, 6) is 1.10. The van der Waals surface area contributed by atoms with Gasteiger partial charge in [-0.3, -0.25) is 4.98 Å². The summed E-state index contributed by atoms with van der Waals surface area (Å²) < 4.78 is 0.